The highest BCUT2D eigenvalue weighted by atomic mass is 32.2. The molecule has 0 bridgehead atoms. The minimum absolute atomic E-state index is 0.0371. The number of halogens is 2. The summed E-state index contributed by atoms with van der Waals surface area (Å²) in [5.41, 5.74) is 1.87. The Hall–Kier alpha value is -2.37. The summed E-state index contributed by atoms with van der Waals surface area (Å²) in [6.45, 7) is 3.80. The predicted octanol–water partition coefficient (Wildman–Crippen LogP) is 2.12. The Morgan fingerprint density at radius 3 is 2.81 bits per heavy atom. The first kappa shape index (κ1) is 21.5. The molecule has 0 radical (unpaired) electrons. The van der Waals surface area contributed by atoms with E-state index in [0.717, 1.165) is 0 Å². The normalized spacial score (nSPS) is 25.8. The van der Waals surface area contributed by atoms with Crippen LogP contribution in [0.3, 0.4) is 0 Å². The van der Waals surface area contributed by atoms with Crippen LogP contribution >= 0.6 is 0 Å². The summed E-state index contributed by atoms with van der Waals surface area (Å²) >= 11 is 0. The lowest BCUT2D eigenvalue weighted by molar-refractivity contribution is -0.00603. The fraction of sp³-hybridized carbons (Fsp3) is 0.524. The maximum absolute atomic E-state index is 14.6. The van der Waals surface area contributed by atoms with E-state index in [-0.39, 0.29) is 49.4 Å². The topological polar surface area (TPSA) is 105 Å². The van der Waals surface area contributed by atoms with Gasteiger partial charge in [-0.25, -0.2) is 23.1 Å². The van der Waals surface area contributed by atoms with Gasteiger partial charge < -0.3 is 14.7 Å². The lowest BCUT2D eigenvalue weighted by Gasteiger charge is -2.43. The molecular weight excluding hydrogens is 442 g/mol. The number of alkyl halides is 2. The van der Waals surface area contributed by atoms with Gasteiger partial charge in [-0.2, -0.15) is 8.78 Å². The van der Waals surface area contributed by atoms with Gasteiger partial charge in [0.1, 0.15) is 18.1 Å². The van der Waals surface area contributed by atoms with Crippen LogP contribution in [0.5, 0.6) is 5.75 Å². The molecule has 5 rings (SSSR count). The molecule has 2 aliphatic heterocycles. The van der Waals surface area contributed by atoms with E-state index in [4.69, 9.17) is 4.74 Å². The van der Waals surface area contributed by atoms with Crippen molar-refractivity contribution in [3.05, 3.63) is 35.0 Å². The Bertz CT molecular complexity index is 1190. The molecule has 172 valence electrons. The third-order valence-electron chi connectivity index (χ3n) is 6.49. The Morgan fingerprint density at radius 1 is 1.34 bits per heavy atom. The molecule has 1 aromatic heterocycles. The van der Waals surface area contributed by atoms with Crippen molar-refractivity contribution in [3.8, 4) is 17.0 Å². The number of aliphatic hydroxyl groups excluding tert-OH is 1. The molecule has 3 heterocycles. The Balaban J connectivity index is 1.55. The molecule has 0 saturated carbocycles. The summed E-state index contributed by atoms with van der Waals surface area (Å²) in [7, 11) is -3.41. The van der Waals surface area contributed by atoms with E-state index < -0.39 is 28.1 Å². The zero-order valence-electron chi connectivity index (χ0n) is 17.7. The molecule has 0 amide bonds. The molecule has 0 spiro atoms. The van der Waals surface area contributed by atoms with E-state index in [1.165, 1.54) is 0 Å². The lowest BCUT2D eigenvalue weighted by Crippen LogP contribution is -2.59. The van der Waals surface area contributed by atoms with Crippen LogP contribution < -0.4 is 14.4 Å². The van der Waals surface area contributed by atoms with Crippen LogP contribution in [0.25, 0.3) is 11.3 Å². The number of nitrogens with zero attached hydrogens (tertiary/aromatic N) is 3. The van der Waals surface area contributed by atoms with Gasteiger partial charge in [0.25, 0.3) is 5.92 Å². The van der Waals surface area contributed by atoms with Gasteiger partial charge in [-0.05, 0) is 26.3 Å². The molecule has 2 N–H and O–H groups in total. The van der Waals surface area contributed by atoms with Crippen molar-refractivity contribution >= 4 is 16.0 Å². The first-order valence-corrected chi connectivity index (χ1v) is 12.3. The highest BCUT2D eigenvalue weighted by molar-refractivity contribution is 7.89. The maximum atomic E-state index is 14.6. The second kappa shape index (κ2) is 7.32. The number of hydrogen-bond donors (Lipinski definition) is 2. The van der Waals surface area contributed by atoms with Gasteiger partial charge in [0, 0.05) is 29.7 Å². The van der Waals surface area contributed by atoms with Crippen molar-refractivity contribution in [2.45, 2.75) is 50.8 Å². The zero-order chi connectivity index (χ0) is 22.8. The molecule has 1 aliphatic carbocycles. The van der Waals surface area contributed by atoms with Crippen molar-refractivity contribution in [1.29, 1.82) is 0 Å². The number of benzene rings is 1. The van der Waals surface area contributed by atoms with Gasteiger partial charge in [-0.3, -0.25) is 0 Å². The number of hydrogen-bond acceptors (Lipinski definition) is 7. The van der Waals surface area contributed by atoms with E-state index in [1.54, 1.807) is 36.9 Å². The molecule has 1 aromatic carbocycles. The number of anilines is 1. The van der Waals surface area contributed by atoms with Crippen molar-refractivity contribution in [2.24, 2.45) is 0 Å². The molecule has 0 unspecified atom stereocenters. The minimum Gasteiger partial charge on any atom is -0.491 e. The number of ether oxygens (including phenoxy) is 1. The number of β-amino-alcohol motifs (C(OH)–C–C–N with tert-alkyl or cyclic N) is 1. The molecular formula is C21H24F2N4O4S. The third kappa shape index (κ3) is 3.43. The monoisotopic (exact) mass is 466 g/mol. The van der Waals surface area contributed by atoms with Crippen LogP contribution in [0.15, 0.2) is 18.2 Å². The number of nitrogens with one attached hydrogen (secondary N) is 1. The first-order chi connectivity index (χ1) is 15.1. The fourth-order valence-corrected chi connectivity index (χ4v) is 5.18. The second-order valence-corrected chi connectivity index (χ2v) is 10.5. The van der Waals surface area contributed by atoms with Crippen molar-refractivity contribution in [3.63, 3.8) is 0 Å². The summed E-state index contributed by atoms with van der Waals surface area (Å²) in [5, 5.41) is 9.85. The van der Waals surface area contributed by atoms with Gasteiger partial charge in [0.15, 0.2) is 0 Å². The fourth-order valence-electron chi connectivity index (χ4n) is 4.39. The smallest absolute Gasteiger partial charge is 0.290 e. The SMILES string of the molecule is CCS(=O)(=O)N[C@H]1COc2cc(-c3nc(N4C[C@@H](O)[C@@H]4C)nc4c3CCC4(F)F)ccc21. The van der Waals surface area contributed by atoms with E-state index in [0.29, 0.717) is 28.1 Å². The Morgan fingerprint density at radius 2 is 2.12 bits per heavy atom. The average Bonchev–Trinajstić information content (AvgIpc) is 3.30. The molecule has 1 saturated heterocycles. The largest absolute Gasteiger partial charge is 0.491 e. The second-order valence-electron chi connectivity index (χ2n) is 8.50. The predicted molar refractivity (Wildman–Crippen MR) is 113 cm³/mol. The quantitative estimate of drug-likeness (QED) is 0.696. The number of rotatable bonds is 5. The lowest BCUT2D eigenvalue weighted by atomic mass is 10.0. The van der Waals surface area contributed by atoms with Crippen LogP contribution in [-0.2, 0) is 22.4 Å². The van der Waals surface area contributed by atoms with E-state index in [2.05, 4.69) is 14.7 Å². The Labute approximate surface area is 184 Å². The molecule has 2 aromatic rings. The van der Waals surface area contributed by atoms with Crippen molar-refractivity contribution < 1.29 is 27.0 Å². The molecule has 32 heavy (non-hydrogen) atoms. The summed E-state index contributed by atoms with van der Waals surface area (Å²) in [6, 6.07) is 4.46. The molecule has 3 atom stereocenters. The summed E-state index contributed by atoms with van der Waals surface area (Å²) in [6.07, 6.45) is -0.714. The highest BCUT2D eigenvalue weighted by Crippen LogP contribution is 2.46. The highest BCUT2D eigenvalue weighted by Gasteiger charge is 2.45. The Kier molecular flexibility index (Phi) is 4.91. The first-order valence-electron chi connectivity index (χ1n) is 10.6. The van der Waals surface area contributed by atoms with Gasteiger partial charge in [-0.1, -0.05) is 12.1 Å². The summed E-state index contributed by atoms with van der Waals surface area (Å²) in [4.78, 5) is 10.5. The number of sulfonamides is 1. The molecule has 11 heteroatoms. The summed E-state index contributed by atoms with van der Waals surface area (Å²) in [5.74, 6) is -2.40. The van der Waals surface area contributed by atoms with Gasteiger partial charge in [0.05, 0.1) is 29.6 Å². The van der Waals surface area contributed by atoms with Crippen LogP contribution in [0, 0.1) is 0 Å². The van der Waals surface area contributed by atoms with Crippen LogP contribution in [0.4, 0.5) is 14.7 Å². The van der Waals surface area contributed by atoms with Crippen LogP contribution in [0.1, 0.15) is 43.1 Å². The van der Waals surface area contributed by atoms with Crippen molar-refractivity contribution in [1.82, 2.24) is 14.7 Å². The van der Waals surface area contributed by atoms with Crippen LogP contribution in [-0.4, -0.2) is 54.5 Å². The molecule has 8 nitrogen and oxygen atoms in total. The van der Waals surface area contributed by atoms with Crippen molar-refractivity contribution in [2.75, 3.05) is 23.8 Å². The van der Waals surface area contributed by atoms with E-state index in [1.807, 2.05) is 0 Å². The van der Waals surface area contributed by atoms with Crippen LogP contribution in [0.2, 0.25) is 0 Å². The zero-order valence-corrected chi connectivity index (χ0v) is 18.5. The third-order valence-corrected chi connectivity index (χ3v) is 7.89. The number of fused-ring (bicyclic) bond motifs is 2. The standard InChI is InChI=1S/C21H24F2N4O4S/c1-3-32(29,30)26-15-10-31-17-8-12(4-5-13(15)17)18-14-6-7-21(22,23)19(14)25-20(24-18)27-9-16(28)11(27)2/h4-5,8,11,15-16,26,28H,3,6-7,9-10H2,1-2H3/t11-,15-,16+/m0/s1. The van der Waals surface area contributed by atoms with E-state index in [9.17, 15) is 22.3 Å². The minimum atomic E-state index is -3.41. The summed E-state index contributed by atoms with van der Waals surface area (Å²) < 4.78 is 61.4. The van der Waals surface area contributed by atoms with E-state index >= 15 is 0 Å². The molecule has 1 fully saturated rings. The van der Waals surface area contributed by atoms with Gasteiger partial charge >= 0.3 is 0 Å². The maximum Gasteiger partial charge on any atom is 0.290 e. The number of aliphatic hydroxyl groups is 1. The average molecular weight is 467 g/mol. The molecule has 3 aliphatic rings. The van der Waals surface area contributed by atoms with Gasteiger partial charge in [0.2, 0.25) is 16.0 Å². The number of aromatic nitrogens is 2. The van der Waals surface area contributed by atoms with Gasteiger partial charge in [-0.15, -0.1) is 0 Å².